The average Bonchev–Trinajstić information content (AvgIpc) is 3.19. The van der Waals surface area contributed by atoms with E-state index < -0.39 is 0 Å². The Kier molecular flexibility index (Phi) is 4.13. The molecule has 1 aliphatic heterocycles. The van der Waals surface area contributed by atoms with Gasteiger partial charge in [0.2, 0.25) is 5.91 Å². The smallest absolute Gasteiger partial charge is 0.276 e. The van der Waals surface area contributed by atoms with E-state index >= 15 is 0 Å². The number of likely N-dealkylation sites (tertiary alicyclic amines) is 1. The largest absolute Gasteiger partial charge is 0.340 e. The summed E-state index contributed by atoms with van der Waals surface area (Å²) in [6.07, 6.45) is 5.26. The number of aromatic nitrogens is 3. The van der Waals surface area contributed by atoms with Gasteiger partial charge in [0.15, 0.2) is 5.69 Å². The Hall–Kier alpha value is -1.92. The SMILES string of the molecule is Cc1n[nH]nc1C(=O)N(C)C[C@H]1CC(=O)N(C2CCCC2)C1. The van der Waals surface area contributed by atoms with Gasteiger partial charge >= 0.3 is 0 Å². The van der Waals surface area contributed by atoms with Gasteiger partial charge < -0.3 is 9.80 Å². The molecule has 2 fully saturated rings. The lowest BCUT2D eigenvalue weighted by Crippen LogP contribution is -2.36. The van der Waals surface area contributed by atoms with Crippen LogP contribution in [0.3, 0.4) is 0 Å². The van der Waals surface area contributed by atoms with Crippen molar-refractivity contribution in [1.29, 1.82) is 0 Å². The van der Waals surface area contributed by atoms with Gasteiger partial charge in [-0.1, -0.05) is 12.8 Å². The van der Waals surface area contributed by atoms with Crippen molar-refractivity contribution in [3.63, 3.8) is 0 Å². The van der Waals surface area contributed by atoms with Gasteiger partial charge in [0.1, 0.15) is 0 Å². The summed E-state index contributed by atoms with van der Waals surface area (Å²) in [4.78, 5) is 28.2. The molecule has 0 aromatic carbocycles. The molecule has 120 valence electrons. The number of H-pyrrole nitrogens is 1. The molecule has 1 aromatic rings. The fourth-order valence-electron chi connectivity index (χ4n) is 3.64. The molecule has 1 aliphatic carbocycles. The zero-order valence-corrected chi connectivity index (χ0v) is 13.2. The van der Waals surface area contributed by atoms with Crippen molar-refractivity contribution in [2.24, 2.45) is 5.92 Å². The summed E-state index contributed by atoms with van der Waals surface area (Å²) in [5.41, 5.74) is 0.964. The van der Waals surface area contributed by atoms with E-state index in [1.807, 2.05) is 4.90 Å². The van der Waals surface area contributed by atoms with Crippen molar-refractivity contribution in [2.45, 2.75) is 45.1 Å². The highest BCUT2D eigenvalue weighted by molar-refractivity contribution is 5.93. The van der Waals surface area contributed by atoms with E-state index in [0.29, 0.717) is 30.4 Å². The molecule has 22 heavy (non-hydrogen) atoms. The van der Waals surface area contributed by atoms with E-state index in [1.54, 1.807) is 18.9 Å². The molecular weight excluding hydrogens is 282 g/mol. The van der Waals surface area contributed by atoms with Gasteiger partial charge in [-0.05, 0) is 19.8 Å². The topological polar surface area (TPSA) is 82.2 Å². The third-order valence-corrected chi connectivity index (χ3v) is 4.81. The van der Waals surface area contributed by atoms with E-state index in [0.717, 1.165) is 19.4 Å². The zero-order chi connectivity index (χ0) is 15.7. The van der Waals surface area contributed by atoms with E-state index in [1.165, 1.54) is 12.8 Å². The summed E-state index contributed by atoms with van der Waals surface area (Å²) in [7, 11) is 1.76. The molecule has 2 amide bonds. The summed E-state index contributed by atoms with van der Waals surface area (Å²) >= 11 is 0. The molecular formula is C15H23N5O2. The molecule has 1 saturated heterocycles. The monoisotopic (exact) mass is 305 g/mol. The predicted octanol–water partition coefficient (Wildman–Crippen LogP) is 0.976. The van der Waals surface area contributed by atoms with E-state index in [4.69, 9.17) is 0 Å². The fourth-order valence-corrected chi connectivity index (χ4v) is 3.64. The first-order valence-corrected chi connectivity index (χ1v) is 7.98. The minimum atomic E-state index is -0.141. The maximum Gasteiger partial charge on any atom is 0.276 e. The lowest BCUT2D eigenvalue weighted by atomic mass is 10.1. The number of nitrogens with one attached hydrogen (secondary N) is 1. The first kappa shape index (κ1) is 15.0. The van der Waals surface area contributed by atoms with Crippen molar-refractivity contribution in [1.82, 2.24) is 25.2 Å². The van der Waals surface area contributed by atoms with Crippen LogP contribution in [0.25, 0.3) is 0 Å². The molecule has 3 rings (SSSR count). The number of aromatic amines is 1. The van der Waals surface area contributed by atoms with E-state index in [9.17, 15) is 9.59 Å². The first-order chi connectivity index (χ1) is 10.6. The minimum absolute atomic E-state index is 0.141. The van der Waals surface area contributed by atoms with E-state index in [2.05, 4.69) is 15.4 Å². The number of carbonyl (C=O) groups excluding carboxylic acids is 2. The second-order valence-corrected chi connectivity index (χ2v) is 6.50. The Morgan fingerprint density at radius 1 is 1.36 bits per heavy atom. The maximum atomic E-state index is 12.3. The van der Waals surface area contributed by atoms with Crippen LogP contribution in [-0.4, -0.2) is 63.2 Å². The third-order valence-electron chi connectivity index (χ3n) is 4.81. The molecule has 1 N–H and O–H groups in total. The van der Waals surface area contributed by atoms with E-state index in [-0.39, 0.29) is 17.7 Å². The van der Waals surface area contributed by atoms with Crippen LogP contribution in [0.5, 0.6) is 0 Å². The summed E-state index contributed by atoms with van der Waals surface area (Å²) < 4.78 is 0. The number of carbonyl (C=O) groups is 2. The summed E-state index contributed by atoms with van der Waals surface area (Å²) in [6.45, 7) is 3.12. The molecule has 1 atom stereocenters. The van der Waals surface area contributed by atoms with Crippen molar-refractivity contribution in [3.05, 3.63) is 11.4 Å². The van der Waals surface area contributed by atoms with Crippen molar-refractivity contribution in [3.8, 4) is 0 Å². The van der Waals surface area contributed by atoms with Gasteiger partial charge in [0, 0.05) is 38.5 Å². The minimum Gasteiger partial charge on any atom is -0.340 e. The van der Waals surface area contributed by atoms with Gasteiger partial charge in [0.25, 0.3) is 5.91 Å². The van der Waals surface area contributed by atoms with Crippen LogP contribution in [0, 0.1) is 12.8 Å². The van der Waals surface area contributed by atoms with Crippen LogP contribution in [0.2, 0.25) is 0 Å². The Balaban J connectivity index is 1.58. The van der Waals surface area contributed by atoms with Crippen LogP contribution in [-0.2, 0) is 4.79 Å². The van der Waals surface area contributed by atoms with Crippen LogP contribution in [0.15, 0.2) is 0 Å². The standard InChI is InChI=1S/C15H23N5O2/c1-10-14(17-18-16-10)15(22)19(2)8-11-7-13(21)20(9-11)12-5-3-4-6-12/h11-12H,3-9H2,1-2H3,(H,16,17,18)/t11-/m1/s1. The van der Waals surface area contributed by atoms with Crippen LogP contribution < -0.4 is 0 Å². The second kappa shape index (κ2) is 6.06. The molecule has 0 radical (unpaired) electrons. The highest BCUT2D eigenvalue weighted by atomic mass is 16.2. The molecule has 7 heteroatoms. The summed E-state index contributed by atoms with van der Waals surface area (Å²) in [6, 6.07) is 0.427. The van der Waals surface area contributed by atoms with Gasteiger partial charge in [-0.15, -0.1) is 0 Å². The molecule has 1 aromatic heterocycles. The molecule has 1 saturated carbocycles. The molecule has 0 unspecified atom stereocenters. The highest BCUT2D eigenvalue weighted by Gasteiger charge is 2.36. The van der Waals surface area contributed by atoms with Crippen LogP contribution >= 0.6 is 0 Å². The van der Waals surface area contributed by atoms with Gasteiger partial charge in [-0.2, -0.15) is 15.4 Å². The number of amides is 2. The van der Waals surface area contributed by atoms with Crippen molar-refractivity contribution in [2.75, 3.05) is 20.1 Å². The second-order valence-electron chi connectivity index (χ2n) is 6.50. The van der Waals surface area contributed by atoms with Gasteiger partial charge in [-0.3, -0.25) is 9.59 Å². The van der Waals surface area contributed by atoms with Gasteiger partial charge in [-0.25, -0.2) is 0 Å². The fraction of sp³-hybridized carbons (Fsp3) is 0.733. The number of hydrogen-bond acceptors (Lipinski definition) is 4. The molecule has 2 aliphatic rings. The molecule has 2 heterocycles. The number of hydrogen-bond donors (Lipinski definition) is 1. The predicted molar refractivity (Wildman–Crippen MR) is 80.2 cm³/mol. The highest BCUT2D eigenvalue weighted by Crippen LogP contribution is 2.29. The quantitative estimate of drug-likeness (QED) is 0.899. The maximum absolute atomic E-state index is 12.3. The first-order valence-electron chi connectivity index (χ1n) is 7.98. The van der Waals surface area contributed by atoms with Crippen molar-refractivity contribution < 1.29 is 9.59 Å². The lowest BCUT2D eigenvalue weighted by Gasteiger charge is -2.25. The Bertz CT molecular complexity index is 564. The molecule has 0 spiro atoms. The number of rotatable bonds is 4. The Morgan fingerprint density at radius 3 is 2.73 bits per heavy atom. The van der Waals surface area contributed by atoms with Crippen molar-refractivity contribution >= 4 is 11.8 Å². The third kappa shape index (κ3) is 2.84. The Labute approximate surface area is 130 Å². The normalized spacial score (nSPS) is 22.5. The lowest BCUT2D eigenvalue weighted by molar-refractivity contribution is -0.129. The Morgan fingerprint density at radius 2 is 2.09 bits per heavy atom. The number of aryl methyl sites for hydroxylation is 1. The van der Waals surface area contributed by atoms with Gasteiger partial charge in [0.05, 0.1) is 5.69 Å². The summed E-state index contributed by atoms with van der Waals surface area (Å²) in [5, 5.41) is 10.3. The molecule has 7 nitrogen and oxygen atoms in total. The summed E-state index contributed by atoms with van der Waals surface area (Å²) in [5.74, 6) is 0.322. The van der Waals surface area contributed by atoms with Crippen LogP contribution in [0.1, 0.15) is 48.3 Å². The average molecular weight is 305 g/mol. The molecule has 0 bridgehead atoms. The zero-order valence-electron chi connectivity index (χ0n) is 13.2. The van der Waals surface area contributed by atoms with Crippen LogP contribution in [0.4, 0.5) is 0 Å². The number of nitrogens with zero attached hydrogens (tertiary/aromatic N) is 4.